The summed E-state index contributed by atoms with van der Waals surface area (Å²) in [5.74, 6) is 7.71. The first-order valence-corrected chi connectivity index (χ1v) is 6.98. The van der Waals surface area contributed by atoms with E-state index in [4.69, 9.17) is 10.9 Å². The van der Waals surface area contributed by atoms with Gasteiger partial charge in [0.2, 0.25) is 0 Å². The summed E-state index contributed by atoms with van der Waals surface area (Å²) in [5, 5.41) is 12.2. The van der Waals surface area contributed by atoms with Gasteiger partial charge < -0.3 is 15.8 Å². The lowest BCUT2D eigenvalue weighted by Crippen LogP contribution is -2.15. The molecule has 0 amide bonds. The topological polar surface area (TPSA) is 96.1 Å². The second-order valence-corrected chi connectivity index (χ2v) is 4.97. The van der Waals surface area contributed by atoms with Crippen LogP contribution in [0.1, 0.15) is 13.3 Å². The van der Waals surface area contributed by atoms with Crippen molar-refractivity contribution < 1.29 is 5.11 Å². The maximum absolute atomic E-state index is 8.93. The summed E-state index contributed by atoms with van der Waals surface area (Å²) in [4.78, 5) is 8.86. The van der Waals surface area contributed by atoms with E-state index >= 15 is 0 Å². The second-order valence-electron chi connectivity index (χ2n) is 4.97. The molecule has 1 heterocycles. The fourth-order valence-corrected chi connectivity index (χ4v) is 1.93. The van der Waals surface area contributed by atoms with Gasteiger partial charge in [-0.3, -0.25) is 0 Å². The summed E-state index contributed by atoms with van der Waals surface area (Å²) < 4.78 is 0. The minimum absolute atomic E-state index is 0.192. The van der Waals surface area contributed by atoms with Crippen LogP contribution in [-0.4, -0.2) is 28.2 Å². The third-order valence-electron chi connectivity index (χ3n) is 3.16. The lowest BCUT2D eigenvalue weighted by molar-refractivity contribution is 0.266. The first kappa shape index (κ1) is 15.2. The smallest absolute Gasteiger partial charge is 0.163 e. The minimum Gasteiger partial charge on any atom is -0.396 e. The highest BCUT2D eigenvalue weighted by atomic mass is 16.3. The van der Waals surface area contributed by atoms with Gasteiger partial charge >= 0.3 is 0 Å². The fraction of sp³-hybridized carbons (Fsp3) is 0.333. The first-order chi connectivity index (χ1) is 10.2. The Hall–Kier alpha value is -2.18. The van der Waals surface area contributed by atoms with Crippen LogP contribution in [0.5, 0.6) is 0 Å². The number of nitrogens with two attached hydrogens (primary N) is 1. The molecule has 1 atom stereocenters. The Balaban J connectivity index is 2.18. The van der Waals surface area contributed by atoms with Gasteiger partial charge in [0.05, 0.1) is 0 Å². The highest BCUT2D eigenvalue weighted by molar-refractivity contribution is 5.60. The average molecular weight is 287 g/mol. The minimum atomic E-state index is 0.192. The van der Waals surface area contributed by atoms with Crippen molar-refractivity contribution >= 4 is 11.6 Å². The van der Waals surface area contributed by atoms with Crippen LogP contribution >= 0.6 is 0 Å². The molecule has 1 aromatic heterocycles. The fourth-order valence-electron chi connectivity index (χ4n) is 1.93. The summed E-state index contributed by atoms with van der Waals surface area (Å²) in [5.41, 5.74) is 3.49. The highest BCUT2D eigenvalue weighted by Crippen LogP contribution is 2.19. The predicted molar refractivity (Wildman–Crippen MR) is 84.6 cm³/mol. The van der Waals surface area contributed by atoms with Crippen LogP contribution in [0.3, 0.4) is 0 Å². The molecule has 112 valence electrons. The number of hydrogen-bond acceptors (Lipinski definition) is 6. The Morgan fingerprint density at radius 3 is 2.57 bits per heavy atom. The standard InChI is InChI=1S/C15H21N5O/c1-11(7-8-21)10-17-13-9-14(20-16)19-15(18-13)12-5-3-2-4-6-12/h2-6,9,11,21H,7-8,10,16H2,1H3,(H2,17,18,19,20). The summed E-state index contributed by atoms with van der Waals surface area (Å²) in [6, 6.07) is 11.5. The number of aromatic nitrogens is 2. The molecule has 6 heteroatoms. The van der Waals surface area contributed by atoms with Gasteiger partial charge in [0, 0.05) is 24.8 Å². The third-order valence-corrected chi connectivity index (χ3v) is 3.16. The van der Waals surface area contributed by atoms with Gasteiger partial charge in [0.25, 0.3) is 0 Å². The zero-order valence-corrected chi connectivity index (χ0v) is 12.1. The van der Waals surface area contributed by atoms with Crippen LogP contribution in [0.15, 0.2) is 36.4 Å². The highest BCUT2D eigenvalue weighted by Gasteiger charge is 2.07. The number of anilines is 2. The van der Waals surface area contributed by atoms with Crippen molar-refractivity contribution in [2.75, 3.05) is 23.9 Å². The molecule has 0 fully saturated rings. The van der Waals surface area contributed by atoms with E-state index in [9.17, 15) is 0 Å². The maximum Gasteiger partial charge on any atom is 0.163 e. The molecule has 0 aliphatic carbocycles. The SMILES string of the molecule is CC(CCO)CNc1cc(NN)nc(-c2ccccc2)n1. The van der Waals surface area contributed by atoms with E-state index in [2.05, 4.69) is 27.6 Å². The predicted octanol–water partition coefficient (Wildman–Crippen LogP) is 1.86. The number of nitrogen functional groups attached to an aromatic ring is 1. The van der Waals surface area contributed by atoms with E-state index in [0.717, 1.165) is 18.5 Å². The first-order valence-electron chi connectivity index (χ1n) is 6.98. The van der Waals surface area contributed by atoms with Crippen molar-refractivity contribution in [3.05, 3.63) is 36.4 Å². The number of hydrogen-bond donors (Lipinski definition) is 4. The zero-order chi connectivity index (χ0) is 15.1. The normalized spacial score (nSPS) is 12.0. The molecule has 0 bridgehead atoms. The molecule has 0 saturated heterocycles. The van der Waals surface area contributed by atoms with E-state index in [0.29, 0.717) is 23.4 Å². The van der Waals surface area contributed by atoms with Crippen molar-refractivity contribution in [2.45, 2.75) is 13.3 Å². The Bertz CT molecular complexity index is 561. The van der Waals surface area contributed by atoms with E-state index in [1.54, 1.807) is 6.07 Å². The van der Waals surface area contributed by atoms with E-state index in [1.807, 2.05) is 30.3 Å². The molecule has 0 aliphatic rings. The second kappa shape index (κ2) is 7.56. The number of aliphatic hydroxyl groups is 1. The Morgan fingerprint density at radius 2 is 1.90 bits per heavy atom. The lowest BCUT2D eigenvalue weighted by Gasteiger charge is -2.13. The van der Waals surface area contributed by atoms with Gasteiger partial charge in [-0.15, -0.1) is 0 Å². The summed E-state index contributed by atoms with van der Waals surface area (Å²) in [6.07, 6.45) is 0.756. The molecular formula is C15H21N5O. The van der Waals surface area contributed by atoms with Crippen molar-refractivity contribution in [2.24, 2.45) is 11.8 Å². The van der Waals surface area contributed by atoms with Crippen molar-refractivity contribution in [1.82, 2.24) is 9.97 Å². The lowest BCUT2D eigenvalue weighted by atomic mass is 10.1. The van der Waals surface area contributed by atoms with E-state index in [-0.39, 0.29) is 6.61 Å². The number of nitrogens with one attached hydrogen (secondary N) is 2. The summed E-state index contributed by atoms with van der Waals surface area (Å²) in [7, 11) is 0. The largest absolute Gasteiger partial charge is 0.396 e. The number of nitrogens with zero attached hydrogens (tertiary/aromatic N) is 2. The molecular weight excluding hydrogens is 266 g/mol. The van der Waals surface area contributed by atoms with Crippen molar-refractivity contribution in [3.63, 3.8) is 0 Å². The molecule has 2 rings (SSSR count). The number of benzene rings is 1. The van der Waals surface area contributed by atoms with Gasteiger partial charge in [0.1, 0.15) is 11.6 Å². The molecule has 1 unspecified atom stereocenters. The van der Waals surface area contributed by atoms with Crippen molar-refractivity contribution in [3.8, 4) is 11.4 Å². The van der Waals surface area contributed by atoms with Crippen molar-refractivity contribution in [1.29, 1.82) is 0 Å². The van der Waals surface area contributed by atoms with Crippen LogP contribution in [0.4, 0.5) is 11.6 Å². The molecule has 2 aromatic rings. The van der Waals surface area contributed by atoms with Crippen LogP contribution in [0.2, 0.25) is 0 Å². The van der Waals surface area contributed by atoms with Gasteiger partial charge in [0.15, 0.2) is 5.82 Å². The van der Waals surface area contributed by atoms with E-state index in [1.165, 1.54) is 0 Å². The molecule has 5 N–H and O–H groups in total. The third kappa shape index (κ3) is 4.40. The van der Waals surface area contributed by atoms with Gasteiger partial charge in [-0.25, -0.2) is 15.8 Å². The number of aliphatic hydroxyl groups excluding tert-OH is 1. The van der Waals surface area contributed by atoms with Crippen LogP contribution < -0.4 is 16.6 Å². The Kier molecular flexibility index (Phi) is 5.48. The number of hydrazine groups is 1. The zero-order valence-electron chi connectivity index (χ0n) is 12.1. The van der Waals surface area contributed by atoms with Crippen LogP contribution in [0.25, 0.3) is 11.4 Å². The molecule has 0 aliphatic heterocycles. The van der Waals surface area contributed by atoms with Gasteiger partial charge in [-0.05, 0) is 12.3 Å². The quantitative estimate of drug-likeness (QED) is 0.458. The summed E-state index contributed by atoms with van der Waals surface area (Å²) >= 11 is 0. The molecule has 1 aromatic carbocycles. The van der Waals surface area contributed by atoms with Gasteiger partial charge in [-0.2, -0.15) is 0 Å². The Morgan fingerprint density at radius 1 is 1.19 bits per heavy atom. The molecule has 21 heavy (non-hydrogen) atoms. The molecule has 0 saturated carbocycles. The monoisotopic (exact) mass is 287 g/mol. The van der Waals surface area contributed by atoms with Gasteiger partial charge in [-0.1, -0.05) is 37.3 Å². The Labute approximate surface area is 124 Å². The van der Waals surface area contributed by atoms with Crippen LogP contribution in [-0.2, 0) is 0 Å². The van der Waals surface area contributed by atoms with Crippen LogP contribution in [0, 0.1) is 5.92 Å². The molecule has 6 nitrogen and oxygen atoms in total. The van der Waals surface area contributed by atoms with E-state index < -0.39 is 0 Å². The summed E-state index contributed by atoms with van der Waals surface area (Å²) in [6.45, 7) is 3.00. The average Bonchev–Trinajstić information content (AvgIpc) is 2.54. The molecule has 0 radical (unpaired) electrons. The number of rotatable bonds is 7. The molecule has 0 spiro atoms. The maximum atomic E-state index is 8.93.